The number of aromatic nitrogens is 1. The Bertz CT molecular complexity index is 385. The summed E-state index contributed by atoms with van der Waals surface area (Å²) in [4.78, 5) is 15.5. The summed E-state index contributed by atoms with van der Waals surface area (Å²) in [5, 5.41) is 0. The molecule has 0 aliphatic heterocycles. The van der Waals surface area contributed by atoms with Gasteiger partial charge in [0.05, 0.1) is 0 Å². The second-order valence-corrected chi connectivity index (χ2v) is 4.90. The van der Waals surface area contributed by atoms with Gasteiger partial charge in [-0.25, -0.2) is 9.78 Å². The van der Waals surface area contributed by atoms with Crippen LogP contribution >= 0.6 is 0 Å². The van der Waals surface area contributed by atoms with Gasteiger partial charge in [-0.3, -0.25) is 0 Å². The van der Waals surface area contributed by atoms with Gasteiger partial charge in [-0.15, -0.1) is 0 Å². The van der Waals surface area contributed by atoms with Crippen molar-refractivity contribution in [1.82, 2.24) is 4.98 Å². The van der Waals surface area contributed by atoms with Gasteiger partial charge in [0, 0.05) is 12.3 Å². The Balaban J connectivity index is 1.86. The molecule has 17 heavy (non-hydrogen) atoms. The van der Waals surface area contributed by atoms with E-state index in [1.807, 2.05) is 0 Å². The summed E-state index contributed by atoms with van der Waals surface area (Å²) in [5.74, 6) is 0.790. The average molecular weight is 235 g/mol. The largest absolute Gasteiger partial charge is 0.515 e. The topological polar surface area (TPSA) is 48.4 Å². The molecule has 0 aromatic carbocycles. The van der Waals surface area contributed by atoms with Crippen molar-refractivity contribution in [1.29, 1.82) is 0 Å². The molecule has 0 amide bonds. The molecular weight excluding hydrogens is 218 g/mol. The number of ether oxygens (including phenoxy) is 2. The minimum atomic E-state index is -0.651. The molecule has 0 radical (unpaired) electrons. The van der Waals surface area contributed by atoms with E-state index in [-0.39, 0.29) is 11.5 Å². The molecule has 0 spiro atoms. The van der Waals surface area contributed by atoms with Gasteiger partial charge >= 0.3 is 6.16 Å². The van der Waals surface area contributed by atoms with Crippen LogP contribution in [0.15, 0.2) is 24.4 Å². The molecule has 1 heterocycles. The van der Waals surface area contributed by atoms with Gasteiger partial charge in [0.1, 0.15) is 5.60 Å². The van der Waals surface area contributed by atoms with Crippen molar-refractivity contribution in [3.05, 3.63) is 24.4 Å². The van der Waals surface area contributed by atoms with Crippen molar-refractivity contribution >= 4 is 6.16 Å². The van der Waals surface area contributed by atoms with Crippen LogP contribution in [0.4, 0.5) is 4.79 Å². The maximum absolute atomic E-state index is 11.6. The molecule has 1 aliphatic carbocycles. The van der Waals surface area contributed by atoms with Gasteiger partial charge in [-0.2, -0.15) is 0 Å². The highest BCUT2D eigenvalue weighted by molar-refractivity contribution is 5.64. The van der Waals surface area contributed by atoms with Crippen LogP contribution in [-0.2, 0) is 4.74 Å². The number of hydrogen-bond donors (Lipinski definition) is 0. The first kappa shape index (κ1) is 11.9. The van der Waals surface area contributed by atoms with Gasteiger partial charge in [0.25, 0.3) is 0 Å². The predicted octanol–water partition coefficient (Wildman–Crippen LogP) is 3.18. The van der Waals surface area contributed by atoms with Crippen LogP contribution < -0.4 is 4.74 Å². The lowest BCUT2D eigenvalue weighted by Gasteiger charge is -2.17. The Hall–Kier alpha value is -1.58. The summed E-state index contributed by atoms with van der Waals surface area (Å²) in [6, 6.07) is 5.15. The lowest BCUT2D eigenvalue weighted by atomic mass is 10.0. The Morgan fingerprint density at radius 1 is 1.47 bits per heavy atom. The first-order valence-electron chi connectivity index (χ1n) is 5.91. The third-order valence-corrected chi connectivity index (χ3v) is 2.71. The first-order valence-corrected chi connectivity index (χ1v) is 5.91. The zero-order chi connectivity index (χ0) is 12.3. The predicted molar refractivity (Wildman–Crippen MR) is 62.8 cm³/mol. The number of pyridine rings is 1. The van der Waals surface area contributed by atoms with E-state index in [1.54, 1.807) is 24.4 Å². The van der Waals surface area contributed by atoms with Gasteiger partial charge < -0.3 is 9.47 Å². The van der Waals surface area contributed by atoms with Crippen molar-refractivity contribution in [3.8, 4) is 5.88 Å². The van der Waals surface area contributed by atoms with E-state index < -0.39 is 6.16 Å². The average Bonchev–Trinajstić information content (AvgIpc) is 2.97. The molecule has 2 rings (SSSR count). The molecule has 92 valence electrons. The van der Waals surface area contributed by atoms with Crippen LogP contribution in [0.2, 0.25) is 0 Å². The lowest BCUT2D eigenvalue weighted by molar-refractivity contribution is 0.0344. The summed E-state index contributed by atoms with van der Waals surface area (Å²) in [6.45, 7) is 4.24. The van der Waals surface area contributed by atoms with Crippen molar-refractivity contribution in [2.24, 2.45) is 5.92 Å². The van der Waals surface area contributed by atoms with Crippen LogP contribution in [-0.4, -0.2) is 16.7 Å². The molecule has 4 nitrogen and oxygen atoms in total. The standard InChI is InChI=1S/C13H17NO3/c1-10(2)9-13(6-7-13)17-12(15)16-11-5-3-4-8-14-11/h3-5,8,10H,6-7,9H2,1-2H3. The van der Waals surface area contributed by atoms with Gasteiger partial charge in [-0.05, 0) is 31.2 Å². The molecule has 1 saturated carbocycles. The first-order chi connectivity index (χ1) is 8.10. The van der Waals surface area contributed by atoms with E-state index in [0.29, 0.717) is 5.92 Å². The van der Waals surface area contributed by atoms with Crippen LogP contribution in [0.1, 0.15) is 33.1 Å². The number of hydrogen-bond acceptors (Lipinski definition) is 4. The highest BCUT2D eigenvalue weighted by Crippen LogP contribution is 2.45. The Kier molecular flexibility index (Phi) is 3.31. The monoisotopic (exact) mass is 235 g/mol. The van der Waals surface area contributed by atoms with E-state index in [0.717, 1.165) is 19.3 Å². The SMILES string of the molecule is CC(C)CC1(OC(=O)Oc2ccccn2)CC1. The van der Waals surface area contributed by atoms with Crippen LogP contribution in [0.25, 0.3) is 0 Å². The van der Waals surface area contributed by atoms with E-state index in [1.165, 1.54) is 0 Å². The van der Waals surface area contributed by atoms with Crippen molar-refractivity contribution in [2.45, 2.75) is 38.7 Å². The number of rotatable bonds is 4. The third kappa shape index (κ3) is 3.44. The number of carbonyl (C=O) groups excluding carboxylic acids is 1. The molecule has 0 atom stereocenters. The molecular formula is C13H17NO3. The normalized spacial score (nSPS) is 16.6. The fraction of sp³-hybridized carbons (Fsp3) is 0.538. The minimum Gasteiger partial charge on any atom is -0.427 e. The summed E-state index contributed by atoms with van der Waals surface area (Å²) >= 11 is 0. The fourth-order valence-corrected chi connectivity index (χ4v) is 1.92. The van der Waals surface area contributed by atoms with Crippen LogP contribution in [0, 0.1) is 5.92 Å². The molecule has 0 unspecified atom stereocenters. The van der Waals surface area contributed by atoms with Gasteiger partial charge in [0.2, 0.25) is 5.88 Å². The summed E-state index contributed by atoms with van der Waals surface area (Å²) < 4.78 is 10.4. The van der Waals surface area contributed by atoms with E-state index in [2.05, 4.69) is 18.8 Å². The molecule has 1 aromatic heterocycles. The van der Waals surface area contributed by atoms with Gasteiger partial charge in [-0.1, -0.05) is 19.9 Å². The van der Waals surface area contributed by atoms with Crippen LogP contribution in [0.3, 0.4) is 0 Å². The molecule has 1 fully saturated rings. The van der Waals surface area contributed by atoms with Gasteiger partial charge in [0.15, 0.2) is 0 Å². The second kappa shape index (κ2) is 4.73. The lowest BCUT2D eigenvalue weighted by Crippen LogP contribution is -2.24. The Morgan fingerprint density at radius 2 is 2.24 bits per heavy atom. The third-order valence-electron chi connectivity index (χ3n) is 2.71. The fourth-order valence-electron chi connectivity index (χ4n) is 1.92. The summed E-state index contributed by atoms with van der Waals surface area (Å²) in [7, 11) is 0. The highest BCUT2D eigenvalue weighted by atomic mass is 16.7. The molecule has 1 aliphatic rings. The summed E-state index contributed by atoms with van der Waals surface area (Å²) in [5.41, 5.74) is -0.278. The molecule has 0 saturated heterocycles. The zero-order valence-corrected chi connectivity index (χ0v) is 10.2. The highest BCUT2D eigenvalue weighted by Gasteiger charge is 2.47. The molecule has 0 N–H and O–H groups in total. The Morgan fingerprint density at radius 3 is 2.76 bits per heavy atom. The maximum atomic E-state index is 11.6. The quantitative estimate of drug-likeness (QED) is 0.752. The summed E-state index contributed by atoms with van der Waals surface area (Å²) in [6.07, 6.45) is 3.68. The van der Waals surface area contributed by atoms with E-state index in [4.69, 9.17) is 9.47 Å². The molecule has 0 bridgehead atoms. The molecule has 1 aromatic rings. The van der Waals surface area contributed by atoms with Crippen molar-refractivity contribution < 1.29 is 14.3 Å². The maximum Gasteiger partial charge on any atom is 0.515 e. The van der Waals surface area contributed by atoms with Crippen molar-refractivity contribution in [3.63, 3.8) is 0 Å². The van der Waals surface area contributed by atoms with E-state index in [9.17, 15) is 4.79 Å². The number of carbonyl (C=O) groups is 1. The Labute approximate surface area is 101 Å². The smallest absolute Gasteiger partial charge is 0.427 e. The molecule has 4 heteroatoms. The second-order valence-electron chi connectivity index (χ2n) is 4.90. The number of nitrogens with zero attached hydrogens (tertiary/aromatic N) is 1. The van der Waals surface area contributed by atoms with E-state index >= 15 is 0 Å². The van der Waals surface area contributed by atoms with Crippen molar-refractivity contribution in [2.75, 3.05) is 0 Å². The van der Waals surface area contributed by atoms with Crippen LogP contribution in [0.5, 0.6) is 5.88 Å². The zero-order valence-electron chi connectivity index (χ0n) is 10.2. The minimum absolute atomic E-state index is 0.276.